The Balaban J connectivity index is 1.83. The van der Waals surface area contributed by atoms with E-state index in [0.29, 0.717) is 11.3 Å². The molecule has 1 aliphatic rings. The van der Waals surface area contributed by atoms with Crippen molar-refractivity contribution in [2.24, 2.45) is 0 Å². The molecule has 3 rings (SSSR count). The summed E-state index contributed by atoms with van der Waals surface area (Å²) in [6.07, 6.45) is 1.66. The third-order valence-electron chi connectivity index (χ3n) is 4.04. The van der Waals surface area contributed by atoms with Crippen LogP contribution in [0.1, 0.15) is 16.8 Å². The molecule has 2 aromatic carbocycles. The lowest BCUT2D eigenvalue weighted by Crippen LogP contribution is -2.38. The Morgan fingerprint density at radius 1 is 1.08 bits per heavy atom. The molecule has 6 heteroatoms. The van der Waals surface area contributed by atoms with E-state index in [0.717, 1.165) is 11.1 Å². The van der Waals surface area contributed by atoms with Crippen LogP contribution in [-0.4, -0.2) is 35.0 Å². The molecule has 0 unspecified atom stereocenters. The van der Waals surface area contributed by atoms with Gasteiger partial charge in [-0.1, -0.05) is 42.5 Å². The predicted molar refractivity (Wildman–Crippen MR) is 92.3 cm³/mol. The van der Waals surface area contributed by atoms with E-state index in [9.17, 15) is 14.7 Å². The molecule has 0 radical (unpaired) electrons. The summed E-state index contributed by atoms with van der Waals surface area (Å²) in [5, 5.41) is 9.36. The van der Waals surface area contributed by atoms with Crippen molar-refractivity contribution in [3.8, 4) is 11.1 Å². The van der Waals surface area contributed by atoms with Gasteiger partial charge in [-0.25, -0.2) is 4.79 Å². The summed E-state index contributed by atoms with van der Waals surface area (Å²) in [7, 11) is 1.43. The highest BCUT2D eigenvalue weighted by atomic mass is 16.6. The lowest BCUT2D eigenvalue weighted by atomic mass is 10.0. The maximum atomic E-state index is 12.7. The summed E-state index contributed by atoms with van der Waals surface area (Å²) in [5.74, 6) is -1.42. The van der Waals surface area contributed by atoms with Gasteiger partial charge in [-0.3, -0.25) is 20.0 Å². The molecule has 2 N–H and O–H groups in total. The van der Waals surface area contributed by atoms with Crippen molar-refractivity contribution in [1.82, 2.24) is 10.4 Å². The van der Waals surface area contributed by atoms with Crippen LogP contribution in [0.3, 0.4) is 0 Å². The number of nitrogens with zero attached hydrogens (tertiary/aromatic N) is 1. The van der Waals surface area contributed by atoms with Gasteiger partial charge in [0, 0.05) is 18.2 Å². The minimum absolute atomic E-state index is 0.178. The fraction of sp³-hybridized carbons (Fsp3) is 0.158. The van der Waals surface area contributed by atoms with Crippen LogP contribution in [-0.2, 0) is 9.63 Å². The number of nitrogens with one attached hydrogen (secondary N) is 1. The fourth-order valence-corrected chi connectivity index (χ4v) is 2.81. The molecule has 0 aliphatic carbocycles. The van der Waals surface area contributed by atoms with Gasteiger partial charge in [-0.15, -0.1) is 0 Å². The van der Waals surface area contributed by atoms with Gasteiger partial charge in [0.15, 0.2) is 0 Å². The van der Waals surface area contributed by atoms with Crippen molar-refractivity contribution in [3.05, 3.63) is 72.1 Å². The molecular formula is C19H18N2O4. The number of hydrogen-bond donors (Lipinski definition) is 2. The second-order valence-corrected chi connectivity index (χ2v) is 5.67. The summed E-state index contributed by atoms with van der Waals surface area (Å²) >= 11 is 0. The van der Waals surface area contributed by atoms with Crippen LogP contribution in [0.4, 0.5) is 0 Å². The van der Waals surface area contributed by atoms with E-state index < -0.39 is 12.0 Å². The Hall–Kier alpha value is -3.12. The molecule has 128 valence electrons. The number of hydrogen-bond acceptors (Lipinski definition) is 4. The molecule has 0 bridgehead atoms. The topological polar surface area (TPSA) is 78.9 Å². The molecule has 0 spiro atoms. The SMILES string of the molecule is CONC1=CN(C(=O)c2ccc(-c3ccccc3)cc2)[C@H](C(=O)O)C1. The highest BCUT2D eigenvalue weighted by Crippen LogP contribution is 2.24. The Morgan fingerprint density at radius 3 is 2.32 bits per heavy atom. The molecule has 1 heterocycles. The molecule has 0 saturated carbocycles. The fourth-order valence-electron chi connectivity index (χ4n) is 2.81. The normalized spacial score (nSPS) is 16.4. The molecule has 0 aromatic heterocycles. The number of aliphatic carboxylic acids is 1. The average Bonchev–Trinajstić information content (AvgIpc) is 3.07. The number of carbonyl (C=O) groups excluding carboxylic acids is 1. The zero-order valence-electron chi connectivity index (χ0n) is 13.7. The first-order valence-corrected chi connectivity index (χ1v) is 7.81. The van der Waals surface area contributed by atoms with Crippen molar-refractivity contribution in [2.75, 3.05) is 7.11 Å². The van der Waals surface area contributed by atoms with Crippen LogP contribution in [0.5, 0.6) is 0 Å². The third-order valence-corrected chi connectivity index (χ3v) is 4.04. The van der Waals surface area contributed by atoms with Gasteiger partial charge in [0.1, 0.15) is 6.04 Å². The van der Waals surface area contributed by atoms with Gasteiger partial charge in [-0.2, -0.15) is 0 Å². The van der Waals surface area contributed by atoms with E-state index in [1.54, 1.807) is 12.1 Å². The van der Waals surface area contributed by atoms with Crippen molar-refractivity contribution >= 4 is 11.9 Å². The maximum Gasteiger partial charge on any atom is 0.327 e. The largest absolute Gasteiger partial charge is 0.480 e. The zero-order chi connectivity index (χ0) is 17.8. The van der Waals surface area contributed by atoms with Gasteiger partial charge < -0.3 is 5.11 Å². The lowest BCUT2D eigenvalue weighted by molar-refractivity contribution is -0.141. The second-order valence-electron chi connectivity index (χ2n) is 5.67. The van der Waals surface area contributed by atoms with E-state index >= 15 is 0 Å². The molecule has 2 aromatic rings. The number of carboxylic acid groups (broad SMARTS) is 1. The van der Waals surface area contributed by atoms with E-state index in [-0.39, 0.29) is 12.3 Å². The number of carboxylic acids is 1. The molecule has 1 amide bonds. The van der Waals surface area contributed by atoms with Gasteiger partial charge in [0.25, 0.3) is 5.91 Å². The molecule has 1 atom stereocenters. The minimum Gasteiger partial charge on any atom is -0.480 e. The van der Waals surface area contributed by atoms with Crippen LogP contribution < -0.4 is 5.48 Å². The van der Waals surface area contributed by atoms with Crippen LogP contribution in [0.2, 0.25) is 0 Å². The number of carbonyl (C=O) groups is 2. The first-order valence-electron chi connectivity index (χ1n) is 7.81. The zero-order valence-corrected chi connectivity index (χ0v) is 13.7. The highest BCUT2D eigenvalue weighted by molar-refractivity contribution is 5.98. The number of amides is 1. The Bertz CT molecular complexity index is 800. The monoisotopic (exact) mass is 338 g/mol. The van der Waals surface area contributed by atoms with E-state index in [1.165, 1.54) is 18.2 Å². The Morgan fingerprint density at radius 2 is 1.72 bits per heavy atom. The van der Waals surface area contributed by atoms with Gasteiger partial charge in [0.05, 0.1) is 12.8 Å². The lowest BCUT2D eigenvalue weighted by Gasteiger charge is -2.20. The second kappa shape index (κ2) is 7.19. The van der Waals surface area contributed by atoms with Gasteiger partial charge in [-0.05, 0) is 23.3 Å². The standard InChI is InChI=1S/C19H18N2O4/c1-25-20-16-11-17(19(23)24)21(12-16)18(22)15-9-7-14(8-10-15)13-5-3-2-4-6-13/h2-10,12,17,20H,11H2,1H3,(H,23,24)/t17-/m0/s1. The first kappa shape index (κ1) is 16.7. The smallest absolute Gasteiger partial charge is 0.327 e. The molecule has 25 heavy (non-hydrogen) atoms. The summed E-state index contributed by atoms with van der Waals surface area (Å²) < 4.78 is 0. The van der Waals surface area contributed by atoms with Crippen LogP contribution >= 0.6 is 0 Å². The van der Waals surface area contributed by atoms with Crippen molar-refractivity contribution < 1.29 is 19.5 Å². The van der Waals surface area contributed by atoms with E-state index in [1.807, 2.05) is 42.5 Å². The predicted octanol–water partition coefficient (Wildman–Crippen LogP) is 2.65. The number of hydroxylamine groups is 1. The van der Waals surface area contributed by atoms with Gasteiger partial charge in [0.2, 0.25) is 0 Å². The average molecular weight is 338 g/mol. The highest BCUT2D eigenvalue weighted by Gasteiger charge is 2.35. The van der Waals surface area contributed by atoms with Gasteiger partial charge >= 0.3 is 5.97 Å². The Labute approximate surface area is 145 Å². The first-order chi connectivity index (χ1) is 12.1. The van der Waals surface area contributed by atoms with E-state index in [4.69, 9.17) is 4.84 Å². The third kappa shape index (κ3) is 3.54. The molecule has 1 aliphatic heterocycles. The number of rotatable bonds is 5. The summed E-state index contributed by atoms with van der Waals surface area (Å²) in [5.41, 5.74) is 5.62. The minimum atomic E-state index is -1.06. The summed E-state index contributed by atoms with van der Waals surface area (Å²) in [4.78, 5) is 30.2. The quantitative estimate of drug-likeness (QED) is 0.820. The van der Waals surface area contributed by atoms with Crippen LogP contribution in [0, 0.1) is 0 Å². The van der Waals surface area contributed by atoms with Crippen LogP contribution in [0.25, 0.3) is 11.1 Å². The van der Waals surface area contributed by atoms with Crippen molar-refractivity contribution in [3.63, 3.8) is 0 Å². The van der Waals surface area contributed by atoms with Crippen LogP contribution in [0.15, 0.2) is 66.5 Å². The molecule has 0 fully saturated rings. The van der Waals surface area contributed by atoms with Crippen molar-refractivity contribution in [1.29, 1.82) is 0 Å². The summed E-state index contributed by atoms with van der Waals surface area (Å²) in [6, 6.07) is 16.0. The molecular weight excluding hydrogens is 320 g/mol. The molecule has 6 nitrogen and oxygen atoms in total. The van der Waals surface area contributed by atoms with E-state index in [2.05, 4.69) is 5.48 Å². The van der Waals surface area contributed by atoms with Crippen molar-refractivity contribution in [2.45, 2.75) is 12.5 Å². The maximum absolute atomic E-state index is 12.7. The summed E-state index contributed by atoms with van der Waals surface area (Å²) in [6.45, 7) is 0. The molecule has 0 saturated heterocycles. The number of benzene rings is 2. The Kier molecular flexibility index (Phi) is 4.81.